The maximum absolute atomic E-state index is 13.6. The molecule has 0 radical (unpaired) electrons. The standard InChI is InChI=1S/C57H75N10O14P/c1-56(2,3)80-55(73)65-27-21-41(22-28-65)78-42-30-43(31-42)79-49-29-38(20-25-58-49)67-39-18-19-40(67)34-66(33-39)47-32-46(44-11-6-7-13-48(44)81-82(74,75)76)62-63-50(47)61-54(72)77-35-36-14-16-37(17-15-36)59-51(68)45(12-8-9-26-64(4)5)60-52(69)57(53(70)71)23-10-24-57/h6-7,11,13-17,20,25,29,32,39-43,45H,8-10,12,18-19,21-24,26-28,30-31,33-35H2,1-5H3,(H,59,68)(H,60,69)(H,70,71)(H,61,63,72)(H2,74,75,76)/t39-,40-,42?,43?,45+/m1/s1. The summed E-state index contributed by atoms with van der Waals surface area (Å²) >= 11 is 0. The number of para-hydroxylation sites is 1. The van der Waals surface area contributed by atoms with Gasteiger partial charge in [0.15, 0.2) is 5.82 Å². The van der Waals surface area contributed by atoms with E-state index in [4.69, 9.17) is 23.5 Å². The number of nitrogens with one attached hydrogen (secondary N) is 3. The largest absolute Gasteiger partial charge is 0.524 e. The molecule has 82 heavy (non-hydrogen) atoms. The molecule has 5 aliphatic rings. The first-order chi connectivity index (χ1) is 39.1. The Morgan fingerprint density at radius 2 is 1.57 bits per heavy atom. The van der Waals surface area contributed by atoms with Crippen molar-refractivity contribution in [3.05, 3.63) is 78.5 Å². The van der Waals surface area contributed by atoms with Gasteiger partial charge in [-0.15, -0.1) is 10.2 Å². The van der Waals surface area contributed by atoms with Gasteiger partial charge in [0.2, 0.25) is 17.7 Å². The van der Waals surface area contributed by atoms with E-state index in [9.17, 15) is 43.4 Å². The zero-order chi connectivity index (χ0) is 58.3. The Hall–Kier alpha value is -7.11. The number of phosphoric ester groups is 1. The number of aliphatic carboxylic acids is 1. The molecule has 2 saturated carbocycles. The Balaban J connectivity index is 0.825. The first-order valence-corrected chi connectivity index (χ1v) is 29.7. The van der Waals surface area contributed by atoms with Gasteiger partial charge in [-0.3, -0.25) is 29.5 Å². The van der Waals surface area contributed by atoms with Gasteiger partial charge in [0.1, 0.15) is 35.5 Å². The Kier molecular flexibility index (Phi) is 18.6. The third-order valence-corrected chi connectivity index (χ3v) is 16.1. The van der Waals surface area contributed by atoms with Gasteiger partial charge in [0.05, 0.1) is 23.6 Å². The van der Waals surface area contributed by atoms with Crippen molar-refractivity contribution >= 4 is 60.7 Å². The number of amides is 4. The number of piperidine rings is 1. The van der Waals surface area contributed by atoms with Crippen LogP contribution in [0.15, 0.2) is 72.9 Å². The number of carboxylic acid groups (broad SMARTS) is 1. The molecule has 24 nitrogen and oxygen atoms in total. The average molecular weight is 1160 g/mol. The van der Waals surface area contributed by atoms with Gasteiger partial charge in [0, 0.05) is 80.3 Å². The monoisotopic (exact) mass is 1150 g/mol. The summed E-state index contributed by atoms with van der Waals surface area (Å²) in [6.45, 7) is 8.42. The molecule has 2 aromatic carbocycles. The van der Waals surface area contributed by atoms with E-state index in [1.807, 2.05) is 51.9 Å². The number of unbranched alkanes of at least 4 members (excludes halogenated alkanes) is 1. The maximum Gasteiger partial charge on any atom is 0.524 e. The van der Waals surface area contributed by atoms with E-state index < -0.39 is 48.8 Å². The molecule has 5 heterocycles. The quantitative estimate of drug-likeness (QED) is 0.0254. The predicted molar refractivity (Wildman–Crippen MR) is 302 cm³/mol. The lowest BCUT2D eigenvalue weighted by Gasteiger charge is -2.44. The zero-order valence-electron chi connectivity index (χ0n) is 47.0. The lowest BCUT2D eigenvalue weighted by molar-refractivity contribution is -0.162. The third kappa shape index (κ3) is 15.1. The number of carbonyl (C=O) groups excluding carboxylic acids is 4. The summed E-state index contributed by atoms with van der Waals surface area (Å²) in [5.74, 6) is -1.83. The number of piperazine rings is 1. The van der Waals surface area contributed by atoms with E-state index in [-0.39, 0.29) is 78.8 Å². The van der Waals surface area contributed by atoms with Crippen molar-refractivity contribution in [3.63, 3.8) is 0 Å². The first-order valence-electron chi connectivity index (χ1n) is 28.1. The molecule has 2 aliphatic carbocycles. The van der Waals surface area contributed by atoms with Crippen LogP contribution in [0.1, 0.15) is 103 Å². The van der Waals surface area contributed by atoms with Crippen LogP contribution in [0, 0.1) is 5.41 Å². The van der Waals surface area contributed by atoms with Gasteiger partial charge < -0.3 is 58.8 Å². The molecule has 25 heteroatoms. The number of likely N-dealkylation sites (tertiary alicyclic amines) is 1. The number of carboxylic acids is 1. The molecule has 5 fully saturated rings. The average Bonchev–Trinajstić information content (AvgIpc) is 3.01. The van der Waals surface area contributed by atoms with Crippen molar-refractivity contribution in [2.24, 2.45) is 5.41 Å². The van der Waals surface area contributed by atoms with Gasteiger partial charge >= 0.3 is 26.0 Å². The highest BCUT2D eigenvalue weighted by Crippen LogP contribution is 2.45. The number of fused-ring (bicyclic) bond motifs is 2. The van der Waals surface area contributed by atoms with Crippen molar-refractivity contribution in [1.29, 1.82) is 0 Å². The van der Waals surface area contributed by atoms with E-state index in [1.54, 1.807) is 59.6 Å². The van der Waals surface area contributed by atoms with E-state index in [2.05, 4.69) is 40.9 Å². The van der Waals surface area contributed by atoms with Crippen molar-refractivity contribution in [2.75, 3.05) is 67.3 Å². The molecule has 442 valence electrons. The lowest BCUT2D eigenvalue weighted by atomic mass is 9.68. The molecule has 3 saturated heterocycles. The molecule has 2 aromatic heterocycles. The normalized spacial score (nSPS) is 20.9. The van der Waals surface area contributed by atoms with Gasteiger partial charge in [-0.05, 0) is 141 Å². The van der Waals surface area contributed by atoms with Crippen LogP contribution in [0.4, 0.5) is 32.5 Å². The van der Waals surface area contributed by atoms with Gasteiger partial charge in [0.25, 0.3) is 0 Å². The fourth-order valence-corrected chi connectivity index (χ4v) is 11.6. The van der Waals surface area contributed by atoms with Crippen LogP contribution in [-0.2, 0) is 39.8 Å². The van der Waals surface area contributed by atoms with E-state index in [0.717, 1.165) is 57.2 Å². The van der Waals surface area contributed by atoms with Crippen LogP contribution in [0.3, 0.4) is 0 Å². The van der Waals surface area contributed by atoms with Crippen molar-refractivity contribution in [1.82, 2.24) is 30.3 Å². The van der Waals surface area contributed by atoms with E-state index >= 15 is 0 Å². The zero-order valence-corrected chi connectivity index (χ0v) is 47.9. The van der Waals surface area contributed by atoms with Crippen LogP contribution < -0.4 is 35.0 Å². The van der Waals surface area contributed by atoms with Crippen LogP contribution in [-0.4, -0.2) is 159 Å². The number of hydrogen-bond donors (Lipinski definition) is 6. The summed E-state index contributed by atoms with van der Waals surface area (Å²) in [6.07, 6.45) is 8.21. The highest BCUT2D eigenvalue weighted by Gasteiger charge is 2.52. The van der Waals surface area contributed by atoms with Crippen LogP contribution in [0.2, 0.25) is 0 Å². The molecule has 0 spiro atoms. The highest BCUT2D eigenvalue weighted by molar-refractivity contribution is 7.46. The molecule has 9 rings (SSSR count). The number of pyridine rings is 1. The van der Waals surface area contributed by atoms with Crippen LogP contribution in [0.25, 0.3) is 11.3 Å². The summed E-state index contributed by atoms with van der Waals surface area (Å²) in [5, 5.41) is 27.0. The second kappa shape index (κ2) is 25.6. The van der Waals surface area contributed by atoms with Crippen molar-refractivity contribution < 1.29 is 66.9 Å². The summed E-state index contributed by atoms with van der Waals surface area (Å²) in [4.78, 5) is 97.3. The van der Waals surface area contributed by atoms with E-state index in [0.29, 0.717) is 68.3 Å². The SMILES string of the molecule is CN(C)CCCC[C@H](NC(=O)C1(C(=O)O)CCC1)C(=O)Nc1ccc(COC(=O)Nc2nnc(-c3ccccc3OP(=O)(O)O)cc2N2C[C@H]3CC[C@H](C2)N3c2ccnc(OC3CC(OC4CCN(C(=O)OC(C)(C)C)CC4)C3)c2)cc1. The number of carbonyl (C=O) groups is 5. The third-order valence-electron chi connectivity index (χ3n) is 15.6. The molecular formula is C57H75N10O14P. The number of rotatable bonds is 22. The summed E-state index contributed by atoms with van der Waals surface area (Å²) in [6, 6.07) is 17.6. The number of benzene rings is 2. The van der Waals surface area contributed by atoms with Gasteiger partial charge in [-0.25, -0.2) is 19.1 Å². The Bertz CT molecular complexity index is 2960. The smallest absolute Gasteiger partial charge is 0.480 e. The molecule has 6 N–H and O–H groups in total. The lowest BCUT2D eigenvalue weighted by Crippen LogP contribution is -2.55. The minimum atomic E-state index is -4.96. The topological polar surface area (TPSA) is 297 Å². The minimum absolute atomic E-state index is 0.0285. The maximum atomic E-state index is 13.6. The molecule has 0 unspecified atom stereocenters. The van der Waals surface area contributed by atoms with Crippen molar-refractivity contribution in [2.45, 2.75) is 146 Å². The number of phosphoric acid groups is 1. The molecular weight excluding hydrogens is 1080 g/mol. The molecule has 3 aliphatic heterocycles. The number of ether oxygens (including phenoxy) is 4. The fraction of sp³-hybridized carbons (Fsp3) is 0.544. The summed E-state index contributed by atoms with van der Waals surface area (Å²) < 4.78 is 41.0. The molecule has 4 amide bonds. The Morgan fingerprint density at radius 3 is 2.22 bits per heavy atom. The van der Waals surface area contributed by atoms with Crippen molar-refractivity contribution in [3.8, 4) is 22.9 Å². The Morgan fingerprint density at radius 1 is 0.866 bits per heavy atom. The minimum Gasteiger partial charge on any atom is -0.480 e. The van der Waals surface area contributed by atoms with Gasteiger partial charge in [-0.2, -0.15) is 0 Å². The summed E-state index contributed by atoms with van der Waals surface area (Å²) in [5.41, 5.74) is 0.908. The number of aromatic nitrogens is 3. The second-order valence-electron chi connectivity index (χ2n) is 23.2. The van der Waals surface area contributed by atoms with E-state index in [1.165, 1.54) is 6.07 Å². The van der Waals surface area contributed by atoms with Crippen LogP contribution in [0.5, 0.6) is 11.6 Å². The molecule has 3 atom stereocenters. The number of hydrogen-bond acceptors (Lipinski definition) is 17. The molecule has 2 bridgehead atoms. The Labute approximate surface area is 476 Å². The van der Waals surface area contributed by atoms with Crippen LogP contribution >= 0.6 is 7.82 Å². The first kappa shape index (κ1) is 59.5. The second-order valence-corrected chi connectivity index (χ2v) is 24.3. The summed E-state index contributed by atoms with van der Waals surface area (Å²) in [7, 11) is -1.07. The predicted octanol–water partition coefficient (Wildman–Crippen LogP) is 7.35. The fourth-order valence-electron chi connectivity index (χ4n) is 11.1. The number of nitrogens with zero attached hydrogens (tertiary/aromatic N) is 7. The molecule has 4 aromatic rings. The highest BCUT2D eigenvalue weighted by atomic mass is 31.2. The van der Waals surface area contributed by atoms with Gasteiger partial charge in [-0.1, -0.05) is 30.7 Å². The number of anilines is 4.